The molecule has 1 saturated carbocycles. The second-order valence-corrected chi connectivity index (χ2v) is 9.56. The van der Waals surface area contributed by atoms with E-state index in [9.17, 15) is 4.79 Å². The van der Waals surface area contributed by atoms with Crippen LogP contribution in [0.25, 0.3) is 0 Å². The van der Waals surface area contributed by atoms with Gasteiger partial charge in [0.25, 0.3) is 0 Å². The van der Waals surface area contributed by atoms with E-state index in [2.05, 4.69) is 61.5 Å². The van der Waals surface area contributed by atoms with E-state index >= 15 is 0 Å². The Labute approximate surface area is 216 Å². The Kier molecular flexibility index (Phi) is 10.1. The van der Waals surface area contributed by atoms with Gasteiger partial charge in [0.1, 0.15) is 0 Å². The van der Waals surface area contributed by atoms with Crippen LogP contribution < -0.4 is 15.5 Å². The monoisotopic (exact) mass is 568 g/mol. The highest BCUT2D eigenvalue weighted by Gasteiger charge is 2.29. The third-order valence-electron chi connectivity index (χ3n) is 7.26. The molecule has 3 aliphatic rings. The summed E-state index contributed by atoms with van der Waals surface area (Å²) in [6.07, 6.45) is 5.76. The smallest absolute Gasteiger partial charge is 0.225 e. The number of aryl methyl sites for hydroxylation is 1. The van der Waals surface area contributed by atoms with Crippen molar-refractivity contribution in [2.24, 2.45) is 10.9 Å². The minimum Gasteiger partial charge on any atom is -0.369 e. The van der Waals surface area contributed by atoms with Crippen LogP contribution in [0.15, 0.2) is 29.3 Å². The van der Waals surface area contributed by atoms with Crippen molar-refractivity contribution in [2.75, 3.05) is 64.3 Å². The summed E-state index contributed by atoms with van der Waals surface area (Å²) in [5, 5.41) is 7.08. The first-order valence-corrected chi connectivity index (χ1v) is 12.4. The quantitative estimate of drug-likeness (QED) is 0.314. The number of halogens is 1. The van der Waals surface area contributed by atoms with E-state index in [1.807, 2.05) is 7.05 Å². The van der Waals surface area contributed by atoms with Gasteiger partial charge in [-0.3, -0.25) is 14.7 Å². The molecule has 2 aliphatic heterocycles. The third kappa shape index (κ3) is 7.21. The van der Waals surface area contributed by atoms with Crippen LogP contribution in [0.2, 0.25) is 0 Å². The van der Waals surface area contributed by atoms with Crippen molar-refractivity contribution < 1.29 is 4.79 Å². The number of carbonyl (C=O) groups is 1. The second-order valence-electron chi connectivity index (χ2n) is 9.56. The van der Waals surface area contributed by atoms with Gasteiger partial charge in [-0.2, -0.15) is 0 Å². The van der Waals surface area contributed by atoms with Gasteiger partial charge in [0.2, 0.25) is 5.91 Å². The maximum Gasteiger partial charge on any atom is 0.225 e. The van der Waals surface area contributed by atoms with Crippen LogP contribution in [0, 0.1) is 12.8 Å². The van der Waals surface area contributed by atoms with Crippen molar-refractivity contribution in [2.45, 2.75) is 45.1 Å². The van der Waals surface area contributed by atoms with Crippen molar-refractivity contribution >= 4 is 41.5 Å². The molecule has 33 heavy (non-hydrogen) atoms. The number of nitrogens with zero attached hydrogens (tertiary/aromatic N) is 4. The zero-order valence-electron chi connectivity index (χ0n) is 20.3. The molecule has 3 fully saturated rings. The molecular formula is C25H41IN6O. The zero-order chi connectivity index (χ0) is 22.3. The van der Waals surface area contributed by atoms with Crippen molar-refractivity contribution in [3.63, 3.8) is 0 Å². The molecule has 2 N–H and O–H groups in total. The fourth-order valence-corrected chi connectivity index (χ4v) is 5.21. The van der Waals surface area contributed by atoms with Crippen LogP contribution in [0.1, 0.15) is 37.7 Å². The van der Waals surface area contributed by atoms with Crippen molar-refractivity contribution in [3.8, 4) is 0 Å². The van der Waals surface area contributed by atoms with Crippen LogP contribution in [0.4, 0.5) is 5.69 Å². The van der Waals surface area contributed by atoms with Gasteiger partial charge in [-0.25, -0.2) is 0 Å². The number of guanidine groups is 1. The first kappa shape index (κ1) is 26.1. The van der Waals surface area contributed by atoms with E-state index in [0.717, 1.165) is 77.6 Å². The average molecular weight is 569 g/mol. The molecule has 1 aromatic carbocycles. The predicted molar refractivity (Wildman–Crippen MR) is 147 cm³/mol. The lowest BCUT2D eigenvalue weighted by atomic mass is 10.1. The van der Waals surface area contributed by atoms with Gasteiger partial charge in [-0.05, 0) is 38.3 Å². The number of hydrogen-bond donors (Lipinski definition) is 2. The molecule has 0 spiro atoms. The topological polar surface area (TPSA) is 63.2 Å². The summed E-state index contributed by atoms with van der Waals surface area (Å²) in [6.45, 7) is 9.74. The number of amides is 1. The molecule has 1 amide bonds. The minimum absolute atomic E-state index is 0. The minimum atomic E-state index is 0. The van der Waals surface area contributed by atoms with Gasteiger partial charge in [0.15, 0.2) is 5.96 Å². The molecule has 0 bridgehead atoms. The Morgan fingerprint density at radius 2 is 1.73 bits per heavy atom. The van der Waals surface area contributed by atoms with Crippen LogP contribution in [0.5, 0.6) is 0 Å². The fraction of sp³-hybridized carbons (Fsp3) is 0.680. The summed E-state index contributed by atoms with van der Waals surface area (Å²) in [4.78, 5) is 24.0. The highest BCUT2D eigenvalue weighted by atomic mass is 127. The molecule has 0 aromatic heterocycles. The number of piperazine rings is 1. The number of anilines is 1. The standard InChI is InChI=1S/C25H40N6O.HI/c1-20-7-9-23(10-8-20)31-13-11-22(19-31)28-25(26-2)27-12-14-29-15-17-30(18-16-29)24(32)21-5-3-4-6-21;/h7-10,21-22H,3-6,11-19H2,1-2H3,(H2,26,27,28);1H. The lowest BCUT2D eigenvalue weighted by Crippen LogP contribution is -2.52. The summed E-state index contributed by atoms with van der Waals surface area (Å²) in [5.74, 6) is 1.59. The zero-order valence-corrected chi connectivity index (χ0v) is 22.6. The van der Waals surface area contributed by atoms with E-state index in [-0.39, 0.29) is 24.0 Å². The molecule has 8 heteroatoms. The van der Waals surface area contributed by atoms with Crippen molar-refractivity contribution in [3.05, 3.63) is 29.8 Å². The molecule has 1 aliphatic carbocycles. The first-order valence-electron chi connectivity index (χ1n) is 12.4. The second kappa shape index (κ2) is 12.8. The van der Waals surface area contributed by atoms with E-state index < -0.39 is 0 Å². The largest absolute Gasteiger partial charge is 0.369 e. The Bertz CT molecular complexity index is 772. The number of nitrogens with one attached hydrogen (secondary N) is 2. The number of carbonyl (C=O) groups excluding carboxylic acids is 1. The van der Waals surface area contributed by atoms with Crippen LogP contribution >= 0.6 is 24.0 Å². The molecule has 184 valence electrons. The Morgan fingerprint density at radius 3 is 2.39 bits per heavy atom. The number of aliphatic imine (C=N–C) groups is 1. The van der Waals surface area contributed by atoms with E-state index in [0.29, 0.717) is 17.9 Å². The van der Waals surface area contributed by atoms with Crippen molar-refractivity contribution in [1.29, 1.82) is 0 Å². The third-order valence-corrected chi connectivity index (χ3v) is 7.26. The Balaban J connectivity index is 0.00000306. The maximum absolute atomic E-state index is 12.6. The van der Waals surface area contributed by atoms with E-state index in [4.69, 9.17) is 0 Å². The van der Waals surface area contributed by atoms with Crippen molar-refractivity contribution in [1.82, 2.24) is 20.4 Å². The lowest BCUT2D eigenvalue weighted by Gasteiger charge is -2.36. The first-order chi connectivity index (χ1) is 15.6. The molecule has 1 unspecified atom stereocenters. The van der Waals surface area contributed by atoms with Crippen LogP contribution in [-0.2, 0) is 4.79 Å². The summed E-state index contributed by atoms with van der Waals surface area (Å²) in [5.41, 5.74) is 2.60. The molecule has 0 radical (unpaired) electrons. The van der Waals surface area contributed by atoms with Gasteiger partial charge in [0, 0.05) is 77.1 Å². The molecule has 4 rings (SSSR count). The molecule has 1 atom stereocenters. The lowest BCUT2D eigenvalue weighted by molar-refractivity contribution is -0.137. The van der Waals surface area contributed by atoms with Crippen LogP contribution in [0.3, 0.4) is 0 Å². The predicted octanol–water partition coefficient (Wildman–Crippen LogP) is 2.69. The Morgan fingerprint density at radius 1 is 1.03 bits per heavy atom. The van der Waals surface area contributed by atoms with Gasteiger partial charge in [0.05, 0.1) is 0 Å². The highest BCUT2D eigenvalue weighted by molar-refractivity contribution is 14.0. The SMILES string of the molecule is CN=C(NCCN1CCN(C(=O)C2CCCC2)CC1)NC1CCN(c2ccc(C)cc2)C1.I. The summed E-state index contributed by atoms with van der Waals surface area (Å²) >= 11 is 0. The molecule has 1 aromatic rings. The van der Waals surface area contributed by atoms with E-state index in [1.165, 1.54) is 24.1 Å². The molecular weight excluding hydrogens is 527 g/mol. The fourth-order valence-electron chi connectivity index (χ4n) is 5.21. The van der Waals surface area contributed by atoms with Gasteiger partial charge < -0.3 is 20.4 Å². The van der Waals surface area contributed by atoms with E-state index in [1.54, 1.807) is 0 Å². The summed E-state index contributed by atoms with van der Waals surface area (Å²) < 4.78 is 0. The maximum atomic E-state index is 12.6. The highest BCUT2D eigenvalue weighted by Crippen LogP contribution is 2.27. The molecule has 7 nitrogen and oxygen atoms in total. The molecule has 2 saturated heterocycles. The Hall–Kier alpha value is -1.55. The molecule has 2 heterocycles. The number of benzene rings is 1. The number of rotatable bonds is 6. The summed E-state index contributed by atoms with van der Waals surface area (Å²) in [7, 11) is 1.84. The van der Waals surface area contributed by atoms with Crippen LogP contribution in [-0.4, -0.2) is 87.1 Å². The van der Waals surface area contributed by atoms with Gasteiger partial charge in [-0.15, -0.1) is 24.0 Å². The average Bonchev–Trinajstić information content (AvgIpc) is 3.51. The normalized spacial score (nSPS) is 22.4. The summed E-state index contributed by atoms with van der Waals surface area (Å²) in [6, 6.07) is 9.20. The number of hydrogen-bond acceptors (Lipinski definition) is 4. The van der Waals surface area contributed by atoms with Gasteiger partial charge >= 0.3 is 0 Å². The van der Waals surface area contributed by atoms with Gasteiger partial charge in [-0.1, -0.05) is 30.5 Å².